The van der Waals surface area contributed by atoms with Gasteiger partial charge in [-0.05, 0) is 30.6 Å². The molecule has 0 aromatic rings. The van der Waals surface area contributed by atoms with Gasteiger partial charge in [-0.1, -0.05) is 19.8 Å². The molecular formula is C10H16O. The molecule has 2 aliphatic rings. The smallest absolute Gasteiger partial charge is 0.123 e. The minimum Gasteiger partial charge on any atom is -0.303 e. The van der Waals surface area contributed by atoms with Crippen molar-refractivity contribution in [3.05, 3.63) is 0 Å². The van der Waals surface area contributed by atoms with Crippen LogP contribution in [0.25, 0.3) is 0 Å². The Morgan fingerprint density at radius 2 is 2.36 bits per heavy atom. The summed E-state index contributed by atoms with van der Waals surface area (Å²) in [7, 11) is 0. The second kappa shape index (κ2) is 2.33. The zero-order chi connectivity index (χ0) is 7.90. The minimum absolute atomic E-state index is 0.462. The Hall–Kier alpha value is -0.330. The van der Waals surface area contributed by atoms with Gasteiger partial charge in [-0.15, -0.1) is 0 Å². The SMILES string of the molecule is CCCCC1CC12CC2C=O. The van der Waals surface area contributed by atoms with Crippen molar-refractivity contribution in [1.29, 1.82) is 0 Å². The standard InChI is InChI=1S/C10H16O/c1-2-3-4-8-5-10(8)6-9(10)7-11/h7-9H,2-6H2,1H3. The fourth-order valence-corrected chi connectivity index (χ4v) is 2.48. The Kier molecular flexibility index (Phi) is 1.55. The first kappa shape index (κ1) is 7.33. The van der Waals surface area contributed by atoms with E-state index in [1.165, 1.54) is 38.4 Å². The third kappa shape index (κ3) is 1.02. The first-order chi connectivity index (χ1) is 5.33. The average Bonchev–Trinajstić information content (AvgIpc) is 2.89. The predicted octanol–water partition coefficient (Wildman–Crippen LogP) is 2.40. The van der Waals surface area contributed by atoms with Crippen molar-refractivity contribution in [2.45, 2.75) is 39.0 Å². The molecule has 1 spiro atoms. The molecule has 62 valence electrons. The Morgan fingerprint density at radius 3 is 2.91 bits per heavy atom. The minimum atomic E-state index is 0.462. The van der Waals surface area contributed by atoms with Crippen molar-refractivity contribution >= 4 is 6.29 Å². The maximum atomic E-state index is 10.4. The molecule has 0 aromatic heterocycles. The van der Waals surface area contributed by atoms with Crippen molar-refractivity contribution < 1.29 is 4.79 Å². The molecule has 11 heavy (non-hydrogen) atoms. The van der Waals surface area contributed by atoms with E-state index >= 15 is 0 Å². The van der Waals surface area contributed by atoms with Crippen LogP contribution >= 0.6 is 0 Å². The number of carbonyl (C=O) groups excluding carboxylic acids is 1. The fourth-order valence-electron chi connectivity index (χ4n) is 2.48. The van der Waals surface area contributed by atoms with E-state index in [1.807, 2.05) is 0 Å². The summed E-state index contributed by atoms with van der Waals surface area (Å²) in [6.45, 7) is 2.24. The molecular weight excluding hydrogens is 136 g/mol. The first-order valence-electron chi connectivity index (χ1n) is 4.79. The molecule has 3 unspecified atom stereocenters. The second-order valence-corrected chi connectivity index (χ2v) is 4.22. The maximum Gasteiger partial charge on any atom is 0.123 e. The lowest BCUT2D eigenvalue weighted by atomic mass is 10.1. The zero-order valence-corrected chi connectivity index (χ0v) is 7.18. The quantitative estimate of drug-likeness (QED) is 0.565. The van der Waals surface area contributed by atoms with Crippen LogP contribution in [0.1, 0.15) is 39.0 Å². The normalized spacial score (nSPS) is 45.9. The van der Waals surface area contributed by atoms with Crippen LogP contribution in [0.5, 0.6) is 0 Å². The Balaban J connectivity index is 1.74. The van der Waals surface area contributed by atoms with E-state index in [0.717, 1.165) is 5.92 Å². The number of aldehydes is 1. The highest BCUT2D eigenvalue weighted by Gasteiger charge is 2.69. The van der Waals surface area contributed by atoms with Crippen LogP contribution in [0.15, 0.2) is 0 Å². The fraction of sp³-hybridized carbons (Fsp3) is 0.900. The molecule has 0 N–H and O–H groups in total. The van der Waals surface area contributed by atoms with Gasteiger partial charge in [-0.2, -0.15) is 0 Å². The summed E-state index contributed by atoms with van der Waals surface area (Å²) in [5.74, 6) is 1.39. The summed E-state index contributed by atoms with van der Waals surface area (Å²) >= 11 is 0. The molecule has 2 fully saturated rings. The largest absolute Gasteiger partial charge is 0.303 e. The van der Waals surface area contributed by atoms with Gasteiger partial charge >= 0.3 is 0 Å². The maximum absolute atomic E-state index is 10.4. The van der Waals surface area contributed by atoms with E-state index in [9.17, 15) is 4.79 Å². The van der Waals surface area contributed by atoms with Crippen LogP contribution in [0.4, 0.5) is 0 Å². The van der Waals surface area contributed by atoms with E-state index in [-0.39, 0.29) is 0 Å². The predicted molar refractivity (Wildman–Crippen MR) is 44.2 cm³/mol. The third-order valence-electron chi connectivity index (χ3n) is 3.53. The van der Waals surface area contributed by atoms with Gasteiger partial charge in [0.15, 0.2) is 0 Å². The average molecular weight is 152 g/mol. The molecule has 2 saturated carbocycles. The molecule has 0 aromatic carbocycles. The molecule has 0 bridgehead atoms. The number of hydrogen-bond acceptors (Lipinski definition) is 1. The topological polar surface area (TPSA) is 17.1 Å². The number of rotatable bonds is 4. The summed E-state index contributed by atoms with van der Waals surface area (Å²) < 4.78 is 0. The lowest BCUT2D eigenvalue weighted by Crippen LogP contribution is -1.86. The summed E-state index contributed by atoms with van der Waals surface area (Å²) in [6.07, 6.45) is 7.78. The molecule has 3 atom stereocenters. The van der Waals surface area contributed by atoms with Gasteiger partial charge in [0.05, 0.1) is 0 Å². The van der Waals surface area contributed by atoms with E-state index in [1.54, 1.807) is 0 Å². The summed E-state index contributed by atoms with van der Waals surface area (Å²) in [4.78, 5) is 10.4. The van der Waals surface area contributed by atoms with Gasteiger partial charge in [0.25, 0.3) is 0 Å². The van der Waals surface area contributed by atoms with Crippen molar-refractivity contribution in [2.75, 3.05) is 0 Å². The van der Waals surface area contributed by atoms with Crippen LogP contribution in [0.3, 0.4) is 0 Å². The van der Waals surface area contributed by atoms with Gasteiger partial charge in [0.2, 0.25) is 0 Å². The van der Waals surface area contributed by atoms with Crippen LogP contribution in [-0.2, 0) is 4.79 Å². The van der Waals surface area contributed by atoms with E-state index in [0.29, 0.717) is 11.3 Å². The zero-order valence-electron chi connectivity index (χ0n) is 7.18. The monoisotopic (exact) mass is 152 g/mol. The summed E-state index contributed by atoms with van der Waals surface area (Å²) in [6, 6.07) is 0. The summed E-state index contributed by atoms with van der Waals surface area (Å²) in [5.41, 5.74) is 0.566. The highest BCUT2D eigenvalue weighted by atomic mass is 16.1. The Bertz CT molecular complexity index is 176. The van der Waals surface area contributed by atoms with Gasteiger partial charge in [-0.25, -0.2) is 0 Å². The molecule has 0 amide bonds. The van der Waals surface area contributed by atoms with E-state index in [2.05, 4.69) is 6.92 Å². The molecule has 2 aliphatic carbocycles. The molecule has 0 radical (unpaired) electrons. The molecule has 0 saturated heterocycles. The van der Waals surface area contributed by atoms with E-state index in [4.69, 9.17) is 0 Å². The van der Waals surface area contributed by atoms with Crippen molar-refractivity contribution in [2.24, 2.45) is 17.3 Å². The Labute approximate surface area is 68.2 Å². The van der Waals surface area contributed by atoms with Crippen molar-refractivity contribution in [1.82, 2.24) is 0 Å². The highest BCUT2D eigenvalue weighted by Crippen LogP contribution is 2.75. The third-order valence-corrected chi connectivity index (χ3v) is 3.53. The van der Waals surface area contributed by atoms with Gasteiger partial charge in [0.1, 0.15) is 6.29 Å². The molecule has 2 rings (SSSR count). The molecule has 1 heteroatoms. The van der Waals surface area contributed by atoms with E-state index < -0.39 is 0 Å². The number of unbranched alkanes of at least 4 members (excludes halogenated alkanes) is 1. The summed E-state index contributed by atoms with van der Waals surface area (Å²) in [5, 5.41) is 0. The highest BCUT2D eigenvalue weighted by molar-refractivity contribution is 5.62. The molecule has 1 nitrogen and oxygen atoms in total. The second-order valence-electron chi connectivity index (χ2n) is 4.22. The van der Waals surface area contributed by atoms with Crippen LogP contribution in [0.2, 0.25) is 0 Å². The van der Waals surface area contributed by atoms with Crippen LogP contribution < -0.4 is 0 Å². The first-order valence-corrected chi connectivity index (χ1v) is 4.79. The van der Waals surface area contributed by atoms with Crippen molar-refractivity contribution in [3.63, 3.8) is 0 Å². The lowest BCUT2D eigenvalue weighted by molar-refractivity contribution is -0.109. The van der Waals surface area contributed by atoms with Gasteiger partial charge in [-0.3, -0.25) is 0 Å². The molecule has 0 heterocycles. The van der Waals surface area contributed by atoms with Gasteiger partial charge in [0, 0.05) is 5.92 Å². The van der Waals surface area contributed by atoms with Crippen LogP contribution in [-0.4, -0.2) is 6.29 Å². The Morgan fingerprint density at radius 1 is 1.55 bits per heavy atom. The molecule has 0 aliphatic heterocycles. The number of carbonyl (C=O) groups is 1. The number of hydrogen-bond donors (Lipinski definition) is 0. The van der Waals surface area contributed by atoms with Crippen molar-refractivity contribution in [3.8, 4) is 0 Å². The lowest BCUT2D eigenvalue weighted by Gasteiger charge is -1.93. The van der Waals surface area contributed by atoms with Gasteiger partial charge < -0.3 is 4.79 Å². The van der Waals surface area contributed by atoms with Crippen LogP contribution in [0, 0.1) is 17.3 Å².